The molecule has 4 rings (SSSR count). The molecule has 0 N–H and O–H groups in total. The average Bonchev–Trinajstić information content (AvgIpc) is 2.95. The van der Waals surface area contributed by atoms with Gasteiger partial charge in [0.1, 0.15) is 19.1 Å². The van der Waals surface area contributed by atoms with Crippen LogP contribution in [-0.4, -0.2) is 53.0 Å². The zero-order valence-corrected chi connectivity index (χ0v) is 21.3. The van der Waals surface area contributed by atoms with Crippen molar-refractivity contribution in [3.05, 3.63) is 93.2 Å². The van der Waals surface area contributed by atoms with Crippen molar-refractivity contribution in [2.45, 2.75) is 38.5 Å². The van der Waals surface area contributed by atoms with E-state index in [0.29, 0.717) is 31.4 Å². The summed E-state index contributed by atoms with van der Waals surface area (Å²) in [5, 5.41) is 0.216. The molecule has 1 aliphatic heterocycles. The fourth-order valence-electron chi connectivity index (χ4n) is 4.91. The fourth-order valence-corrected chi connectivity index (χ4v) is 4.91. The van der Waals surface area contributed by atoms with E-state index in [-0.39, 0.29) is 23.7 Å². The molecule has 9 heteroatoms. The summed E-state index contributed by atoms with van der Waals surface area (Å²) in [4.78, 5) is 40.4. The lowest BCUT2D eigenvalue weighted by Gasteiger charge is -2.31. The van der Waals surface area contributed by atoms with Gasteiger partial charge in [0.25, 0.3) is 5.56 Å². The lowest BCUT2D eigenvalue weighted by Crippen LogP contribution is -2.44. The van der Waals surface area contributed by atoms with E-state index in [2.05, 4.69) is 6.58 Å². The molecule has 38 heavy (non-hydrogen) atoms. The van der Waals surface area contributed by atoms with Crippen LogP contribution in [-0.2, 0) is 11.3 Å². The van der Waals surface area contributed by atoms with Crippen molar-refractivity contribution < 1.29 is 18.3 Å². The second kappa shape index (κ2) is 12.0. The minimum absolute atomic E-state index is 0.0332. The van der Waals surface area contributed by atoms with E-state index in [1.54, 1.807) is 21.6 Å². The summed E-state index contributed by atoms with van der Waals surface area (Å²) >= 11 is 0. The Bertz CT molecular complexity index is 1460. The smallest absolute Gasteiger partial charge is 0.332 e. The first-order valence-corrected chi connectivity index (χ1v) is 12.6. The molecule has 200 valence electrons. The van der Waals surface area contributed by atoms with Gasteiger partial charge in [0.2, 0.25) is 6.41 Å². The van der Waals surface area contributed by atoms with Crippen molar-refractivity contribution in [3.63, 3.8) is 0 Å². The number of hydrogen-bond donors (Lipinski definition) is 0. The number of carbonyl (C=O) groups excluding carboxylic acids is 1. The highest BCUT2D eigenvalue weighted by Gasteiger charge is 2.25. The predicted octanol–water partition coefficient (Wildman–Crippen LogP) is 4.28. The standard InChI is InChI=1S/C29H31F2N3O4/c1-3-21(4-2)22-7-5-6-20(14-22)18-33-28(36)26-15-24(38-25(16-30)17-31)8-9-27(26)34(29(33)37)23-10-12-32(19-35)13-11-23/h3-9,14-15,19,23,25H,1,10-13,16-18H2,2H3/b21-4+. The Kier molecular flexibility index (Phi) is 8.55. The molecule has 2 heterocycles. The maximum Gasteiger partial charge on any atom is 0.332 e. The van der Waals surface area contributed by atoms with E-state index < -0.39 is 30.7 Å². The third kappa shape index (κ3) is 5.46. The van der Waals surface area contributed by atoms with Crippen LogP contribution in [0.3, 0.4) is 0 Å². The molecule has 0 spiro atoms. The number of carbonyl (C=O) groups is 1. The van der Waals surface area contributed by atoms with Gasteiger partial charge in [-0.1, -0.05) is 36.9 Å². The number of amides is 1. The number of benzene rings is 2. The molecule has 1 saturated heterocycles. The number of likely N-dealkylation sites (tertiary alicyclic amines) is 1. The summed E-state index contributed by atoms with van der Waals surface area (Å²) in [7, 11) is 0. The molecular weight excluding hydrogens is 492 g/mol. The monoisotopic (exact) mass is 523 g/mol. The molecule has 0 atom stereocenters. The van der Waals surface area contributed by atoms with Crippen LogP contribution in [0.1, 0.15) is 36.9 Å². The van der Waals surface area contributed by atoms with E-state index in [9.17, 15) is 23.2 Å². The molecule has 7 nitrogen and oxygen atoms in total. The average molecular weight is 524 g/mol. The van der Waals surface area contributed by atoms with Crippen molar-refractivity contribution in [2.75, 3.05) is 26.4 Å². The van der Waals surface area contributed by atoms with Gasteiger partial charge >= 0.3 is 5.69 Å². The SMILES string of the molecule is C=C/C(=C\C)c1cccc(Cn2c(=O)c3cc(OC(CF)CF)ccc3n(C3CCN(C=O)CC3)c2=O)c1. The van der Waals surface area contributed by atoms with E-state index >= 15 is 0 Å². The number of aromatic nitrogens is 2. The van der Waals surface area contributed by atoms with Gasteiger partial charge in [-0.15, -0.1) is 0 Å². The van der Waals surface area contributed by atoms with Gasteiger partial charge in [-0.05, 0) is 60.7 Å². The molecule has 2 aromatic carbocycles. The number of alkyl halides is 2. The first-order chi connectivity index (χ1) is 18.4. The number of allylic oxidation sites excluding steroid dienone is 3. The van der Waals surface area contributed by atoms with Crippen LogP contribution in [0, 0.1) is 0 Å². The zero-order valence-electron chi connectivity index (χ0n) is 21.3. The van der Waals surface area contributed by atoms with Crippen molar-refractivity contribution >= 4 is 22.9 Å². The van der Waals surface area contributed by atoms with Crippen molar-refractivity contribution in [1.29, 1.82) is 0 Å². The molecule has 1 amide bonds. The van der Waals surface area contributed by atoms with Crippen LogP contribution in [0.4, 0.5) is 8.78 Å². The Balaban J connectivity index is 1.86. The first kappa shape index (κ1) is 27.0. The van der Waals surface area contributed by atoms with Crippen LogP contribution in [0.25, 0.3) is 16.5 Å². The van der Waals surface area contributed by atoms with Crippen LogP contribution >= 0.6 is 0 Å². The molecule has 1 aliphatic rings. The number of piperidine rings is 1. The molecule has 3 aromatic rings. The maximum atomic E-state index is 13.8. The van der Waals surface area contributed by atoms with Gasteiger partial charge in [-0.25, -0.2) is 13.6 Å². The van der Waals surface area contributed by atoms with Crippen molar-refractivity contribution in [1.82, 2.24) is 14.0 Å². The topological polar surface area (TPSA) is 73.5 Å². The quantitative estimate of drug-likeness (QED) is 0.294. The second-order valence-corrected chi connectivity index (χ2v) is 9.29. The van der Waals surface area contributed by atoms with Crippen LogP contribution < -0.4 is 16.0 Å². The number of rotatable bonds is 10. The molecule has 0 unspecified atom stereocenters. The summed E-state index contributed by atoms with van der Waals surface area (Å²) in [5.41, 5.74) is 2.04. The molecule has 1 aromatic heterocycles. The molecule has 0 bridgehead atoms. The Labute approximate surface area is 219 Å². The molecule has 0 radical (unpaired) electrons. The minimum atomic E-state index is -1.28. The Morgan fingerprint density at radius 2 is 1.87 bits per heavy atom. The maximum absolute atomic E-state index is 13.8. The fraction of sp³-hybridized carbons (Fsp3) is 0.345. The number of fused-ring (bicyclic) bond motifs is 1. The van der Waals surface area contributed by atoms with Gasteiger partial charge in [-0.2, -0.15) is 0 Å². The third-order valence-electron chi connectivity index (χ3n) is 6.93. The first-order valence-electron chi connectivity index (χ1n) is 12.6. The van der Waals surface area contributed by atoms with Gasteiger partial charge in [-0.3, -0.25) is 18.7 Å². The van der Waals surface area contributed by atoms with E-state index in [1.807, 2.05) is 37.3 Å². The van der Waals surface area contributed by atoms with Gasteiger partial charge in [0.05, 0.1) is 17.4 Å². The Morgan fingerprint density at radius 1 is 1.13 bits per heavy atom. The summed E-state index contributed by atoms with van der Waals surface area (Å²) in [6.07, 6.45) is 4.29. The molecular formula is C29H31F2N3O4. The van der Waals surface area contributed by atoms with E-state index in [0.717, 1.165) is 23.1 Å². The van der Waals surface area contributed by atoms with Gasteiger partial charge in [0.15, 0.2) is 6.10 Å². The minimum Gasteiger partial charge on any atom is -0.485 e. The van der Waals surface area contributed by atoms with Crippen LogP contribution in [0.2, 0.25) is 0 Å². The van der Waals surface area contributed by atoms with Gasteiger partial charge in [0, 0.05) is 19.1 Å². The summed E-state index contributed by atoms with van der Waals surface area (Å²) in [6.45, 7) is 4.74. The third-order valence-corrected chi connectivity index (χ3v) is 6.93. The molecule has 0 aliphatic carbocycles. The zero-order chi connectivity index (χ0) is 27.2. The van der Waals surface area contributed by atoms with Crippen LogP contribution in [0.15, 0.2) is 70.8 Å². The lowest BCUT2D eigenvalue weighted by atomic mass is 10.0. The highest BCUT2D eigenvalue weighted by Crippen LogP contribution is 2.26. The molecule has 0 saturated carbocycles. The van der Waals surface area contributed by atoms with E-state index in [1.165, 1.54) is 16.7 Å². The number of ether oxygens (including phenoxy) is 1. The lowest BCUT2D eigenvalue weighted by molar-refractivity contribution is -0.119. The summed E-state index contributed by atoms with van der Waals surface area (Å²) in [6, 6.07) is 11.8. The number of hydrogen-bond acceptors (Lipinski definition) is 4. The van der Waals surface area contributed by atoms with E-state index in [4.69, 9.17) is 4.74 Å². The van der Waals surface area contributed by atoms with Crippen molar-refractivity contribution in [3.8, 4) is 5.75 Å². The number of nitrogens with zero attached hydrogens (tertiary/aromatic N) is 3. The van der Waals surface area contributed by atoms with Gasteiger partial charge < -0.3 is 9.64 Å². The predicted molar refractivity (Wildman–Crippen MR) is 144 cm³/mol. The Morgan fingerprint density at radius 3 is 2.50 bits per heavy atom. The highest BCUT2D eigenvalue weighted by molar-refractivity contribution is 5.80. The molecule has 1 fully saturated rings. The second-order valence-electron chi connectivity index (χ2n) is 9.29. The number of halogens is 2. The summed E-state index contributed by atoms with van der Waals surface area (Å²) in [5.74, 6) is 0.146. The highest BCUT2D eigenvalue weighted by atomic mass is 19.1. The largest absolute Gasteiger partial charge is 0.485 e. The summed E-state index contributed by atoms with van der Waals surface area (Å²) < 4.78 is 34.4. The van der Waals surface area contributed by atoms with Crippen molar-refractivity contribution in [2.24, 2.45) is 0 Å². The van der Waals surface area contributed by atoms with Crippen LogP contribution in [0.5, 0.6) is 5.75 Å². The Hall–Kier alpha value is -4.01. The normalized spacial score (nSPS) is 14.7.